The molecule has 38 heavy (non-hydrogen) atoms. The summed E-state index contributed by atoms with van der Waals surface area (Å²) in [6.07, 6.45) is 4.80. The molecule has 0 spiro atoms. The predicted octanol–water partition coefficient (Wildman–Crippen LogP) is 4.25. The van der Waals surface area contributed by atoms with Crippen LogP contribution in [0.25, 0.3) is 0 Å². The Morgan fingerprint density at radius 3 is 2.26 bits per heavy atom. The van der Waals surface area contributed by atoms with Crippen molar-refractivity contribution in [3.05, 3.63) is 52.0 Å². The Morgan fingerprint density at radius 1 is 1.08 bits per heavy atom. The first kappa shape index (κ1) is 29.9. The van der Waals surface area contributed by atoms with Crippen LogP contribution in [0.3, 0.4) is 0 Å². The van der Waals surface area contributed by atoms with Gasteiger partial charge in [-0.1, -0.05) is 42.1 Å². The molecule has 1 N–H and O–H groups in total. The van der Waals surface area contributed by atoms with Crippen molar-refractivity contribution in [1.29, 1.82) is 0 Å². The lowest BCUT2D eigenvalue weighted by molar-refractivity contribution is -0.139. The number of methoxy groups -OCH3 is 2. The number of carbonyl (C=O) groups excluding carboxylic acids is 2. The van der Waals surface area contributed by atoms with Gasteiger partial charge in [0.05, 0.1) is 26.2 Å². The van der Waals surface area contributed by atoms with E-state index in [1.54, 1.807) is 37.3 Å². The molecule has 1 aliphatic rings. The number of hydrogen-bond acceptors (Lipinski definition) is 6. The van der Waals surface area contributed by atoms with Crippen LogP contribution in [-0.2, 0) is 26.2 Å². The summed E-state index contributed by atoms with van der Waals surface area (Å²) >= 11 is 12.8. The first-order valence-corrected chi connectivity index (χ1v) is 14.8. The molecule has 1 unspecified atom stereocenters. The molecule has 12 heteroatoms. The summed E-state index contributed by atoms with van der Waals surface area (Å²) in [6.45, 7) is 0.915. The highest BCUT2D eigenvalue weighted by molar-refractivity contribution is 7.92. The predicted molar refractivity (Wildman–Crippen MR) is 149 cm³/mol. The molecule has 3 rings (SSSR count). The van der Waals surface area contributed by atoms with Gasteiger partial charge in [0.25, 0.3) is 0 Å². The number of amides is 2. The second kappa shape index (κ2) is 12.9. The minimum atomic E-state index is -3.96. The number of benzene rings is 2. The van der Waals surface area contributed by atoms with E-state index in [0.717, 1.165) is 36.2 Å². The smallest absolute Gasteiger partial charge is 0.244 e. The normalized spacial score (nSPS) is 14.6. The Balaban J connectivity index is 1.99. The SMILES string of the molecule is COc1ccc(OC)c(N(CC(=O)N(Cc2c(Cl)cccc2Cl)C(C)C(=O)NC2CCCC2)S(C)(=O)=O)c1. The zero-order valence-corrected chi connectivity index (χ0v) is 24.2. The molecule has 0 aliphatic heterocycles. The van der Waals surface area contributed by atoms with Gasteiger partial charge < -0.3 is 19.7 Å². The maximum absolute atomic E-state index is 13.8. The van der Waals surface area contributed by atoms with E-state index in [-0.39, 0.29) is 29.9 Å². The topological polar surface area (TPSA) is 105 Å². The van der Waals surface area contributed by atoms with Crippen LogP contribution >= 0.6 is 23.2 Å². The van der Waals surface area contributed by atoms with E-state index in [2.05, 4.69) is 5.32 Å². The van der Waals surface area contributed by atoms with Gasteiger partial charge in [-0.2, -0.15) is 0 Å². The van der Waals surface area contributed by atoms with E-state index >= 15 is 0 Å². The molecule has 1 aliphatic carbocycles. The maximum Gasteiger partial charge on any atom is 0.244 e. The molecule has 208 valence electrons. The van der Waals surface area contributed by atoms with Crippen LogP contribution in [0.5, 0.6) is 11.5 Å². The van der Waals surface area contributed by atoms with Crippen molar-refractivity contribution in [2.24, 2.45) is 0 Å². The number of rotatable bonds is 11. The van der Waals surface area contributed by atoms with Gasteiger partial charge in [0.15, 0.2) is 0 Å². The van der Waals surface area contributed by atoms with Crippen molar-refractivity contribution >= 4 is 50.7 Å². The lowest BCUT2D eigenvalue weighted by Crippen LogP contribution is -2.52. The molecule has 0 bridgehead atoms. The highest BCUT2D eigenvalue weighted by Crippen LogP contribution is 2.34. The number of hydrogen-bond donors (Lipinski definition) is 1. The largest absolute Gasteiger partial charge is 0.497 e. The Labute approximate surface area is 234 Å². The summed E-state index contributed by atoms with van der Waals surface area (Å²) in [5.74, 6) is -0.341. The Morgan fingerprint density at radius 2 is 1.71 bits per heavy atom. The number of nitrogens with zero attached hydrogens (tertiary/aromatic N) is 2. The summed E-state index contributed by atoms with van der Waals surface area (Å²) < 4.78 is 37.3. The van der Waals surface area contributed by atoms with Crippen LogP contribution < -0.4 is 19.1 Å². The van der Waals surface area contributed by atoms with Crippen molar-refractivity contribution in [2.75, 3.05) is 31.3 Å². The third-order valence-corrected chi connectivity index (χ3v) is 8.43. The molecule has 0 aromatic heterocycles. The average Bonchev–Trinajstić information content (AvgIpc) is 3.38. The van der Waals surface area contributed by atoms with Gasteiger partial charge in [-0.15, -0.1) is 0 Å². The summed E-state index contributed by atoms with van der Waals surface area (Å²) in [5, 5.41) is 3.66. The monoisotopic (exact) mass is 585 g/mol. The number of sulfonamides is 1. The molecule has 2 aromatic rings. The second-order valence-electron chi connectivity index (χ2n) is 9.20. The standard InChI is InChI=1S/C26H33Cl2N3O6S/c1-17(26(33)29-18-8-5-6-9-18)30(15-20-21(27)10-7-11-22(20)28)25(32)16-31(38(4,34)35)23-14-19(36-2)12-13-24(23)37-3/h7,10-14,17-18H,5-6,8-9,15-16H2,1-4H3,(H,29,33). The minimum Gasteiger partial charge on any atom is -0.497 e. The zero-order chi connectivity index (χ0) is 28.0. The van der Waals surface area contributed by atoms with E-state index in [4.69, 9.17) is 32.7 Å². The van der Waals surface area contributed by atoms with Crippen molar-refractivity contribution in [2.45, 2.75) is 51.2 Å². The number of anilines is 1. The van der Waals surface area contributed by atoms with Crippen molar-refractivity contribution in [3.63, 3.8) is 0 Å². The van der Waals surface area contributed by atoms with E-state index in [0.29, 0.717) is 21.4 Å². The van der Waals surface area contributed by atoms with Crippen LogP contribution in [0.4, 0.5) is 5.69 Å². The fourth-order valence-electron chi connectivity index (χ4n) is 4.41. The molecule has 9 nitrogen and oxygen atoms in total. The van der Waals surface area contributed by atoms with Crippen LogP contribution in [0, 0.1) is 0 Å². The molecule has 1 atom stereocenters. The molecule has 2 amide bonds. The molecule has 0 saturated heterocycles. The van der Waals surface area contributed by atoms with Crippen molar-refractivity contribution in [1.82, 2.24) is 10.2 Å². The molecular weight excluding hydrogens is 553 g/mol. The van der Waals surface area contributed by atoms with Crippen molar-refractivity contribution < 1.29 is 27.5 Å². The number of ether oxygens (including phenoxy) is 2. The molecular formula is C26H33Cl2N3O6S. The average molecular weight is 587 g/mol. The van der Waals surface area contributed by atoms with Crippen LogP contribution in [0.15, 0.2) is 36.4 Å². The van der Waals surface area contributed by atoms with E-state index < -0.39 is 28.5 Å². The minimum absolute atomic E-state index is 0.0411. The lowest BCUT2D eigenvalue weighted by atomic mass is 10.1. The highest BCUT2D eigenvalue weighted by Gasteiger charge is 2.33. The van der Waals surface area contributed by atoms with Gasteiger partial charge in [-0.25, -0.2) is 8.42 Å². The number of nitrogens with one attached hydrogen (secondary N) is 1. The lowest BCUT2D eigenvalue weighted by Gasteiger charge is -2.32. The van der Waals surface area contributed by atoms with E-state index in [1.165, 1.54) is 25.2 Å². The van der Waals surface area contributed by atoms with Crippen molar-refractivity contribution in [3.8, 4) is 11.5 Å². The van der Waals surface area contributed by atoms with Gasteiger partial charge >= 0.3 is 0 Å². The molecule has 1 fully saturated rings. The van der Waals surface area contributed by atoms with Gasteiger partial charge in [0.1, 0.15) is 24.1 Å². The summed E-state index contributed by atoms with van der Waals surface area (Å²) in [4.78, 5) is 28.3. The summed E-state index contributed by atoms with van der Waals surface area (Å²) in [5.41, 5.74) is 0.580. The van der Waals surface area contributed by atoms with Gasteiger partial charge in [0, 0.05) is 34.3 Å². The van der Waals surface area contributed by atoms with Gasteiger partial charge in [0.2, 0.25) is 21.8 Å². The second-order valence-corrected chi connectivity index (χ2v) is 11.9. The fourth-order valence-corrected chi connectivity index (χ4v) is 5.78. The molecule has 2 aromatic carbocycles. The number of carbonyl (C=O) groups is 2. The molecule has 1 saturated carbocycles. The first-order chi connectivity index (χ1) is 18.0. The van der Waals surface area contributed by atoms with E-state index in [1.807, 2.05) is 0 Å². The van der Waals surface area contributed by atoms with Gasteiger partial charge in [-0.05, 0) is 44.0 Å². The first-order valence-electron chi connectivity index (χ1n) is 12.2. The third-order valence-electron chi connectivity index (χ3n) is 6.59. The maximum atomic E-state index is 13.8. The Bertz CT molecular complexity index is 1250. The number of halogens is 2. The van der Waals surface area contributed by atoms with Crippen LogP contribution in [0.1, 0.15) is 38.2 Å². The third kappa shape index (κ3) is 7.24. The highest BCUT2D eigenvalue weighted by atomic mass is 35.5. The van der Waals surface area contributed by atoms with E-state index in [9.17, 15) is 18.0 Å². The van der Waals surface area contributed by atoms with Crippen LogP contribution in [0.2, 0.25) is 10.0 Å². The van der Waals surface area contributed by atoms with Crippen LogP contribution in [-0.4, -0.2) is 64.2 Å². The summed E-state index contributed by atoms with van der Waals surface area (Å²) in [7, 11) is -1.12. The Hall–Kier alpha value is -2.69. The quantitative estimate of drug-likeness (QED) is 0.422. The zero-order valence-electron chi connectivity index (χ0n) is 21.9. The van der Waals surface area contributed by atoms with Gasteiger partial charge in [-0.3, -0.25) is 13.9 Å². The molecule has 0 radical (unpaired) electrons. The fraction of sp³-hybridized carbons (Fsp3) is 0.462. The Kier molecular flexibility index (Phi) is 10.1. The molecule has 0 heterocycles. The summed E-state index contributed by atoms with van der Waals surface area (Å²) in [6, 6.07) is 8.71.